The van der Waals surface area contributed by atoms with Crippen molar-refractivity contribution in [3.8, 4) is 11.6 Å². The van der Waals surface area contributed by atoms with Crippen molar-refractivity contribution in [1.82, 2.24) is 25.4 Å². The number of carbonyl (C=O) groups is 2. The lowest BCUT2D eigenvalue weighted by molar-refractivity contribution is -0.117. The molecule has 3 amide bonds. The first kappa shape index (κ1) is 19.2. The molecule has 3 aromatic rings. The minimum Gasteiger partial charge on any atom is -0.446 e. The van der Waals surface area contributed by atoms with E-state index in [1.807, 2.05) is 34.9 Å². The highest BCUT2D eigenvalue weighted by Crippen LogP contribution is 2.28. The number of carbonyl (C=O) groups excluding carboxylic acids is 2. The van der Waals surface area contributed by atoms with E-state index < -0.39 is 11.9 Å². The summed E-state index contributed by atoms with van der Waals surface area (Å²) in [5.74, 6) is 0.726. The van der Waals surface area contributed by atoms with E-state index in [0.29, 0.717) is 28.0 Å². The zero-order chi connectivity index (χ0) is 19.2. The Morgan fingerprint density at radius 3 is 2.63 bits per heavy atom. The van der Waals surface area contributed by atoms with Crippen molar-refractivity contribution < 1.29 is 14.0 Å². The Balaban J connectivity index is 1.83. The Kier molecular flexibility index (Phi) is 6.30. The molecule has 0 saturated carbocycles. The minimum atomic E-state index is -0.549. The van der Waals surface area contributed by atoms with Crippen LogP contribution in [0, 0.1) is 0 Å². The van der Waals surface area contributed by atoms with Crippen LogP contribution in [0.5, 0.6) is 0 Å². The fraction of sp³-hybridized carbons (Fsp3) is 0.176. The van der Waals surface area contributed by atoms with Crippen molar-refractivity contribution in [2.75, 3.05) is 12.8 Å². The number of halogens is 1. The smallest absolute Gasteiger partial charge is 0.321 e. The molecular formula is C17H16BrN5O3S. The molecule has 27 heavy (non-hydrogen) atoms. The number of nitrogens with one attached hydrogen (secondary N) is 2. The van der Waals surface area contributed by atoms with Crippen molar-refractivity contribution >= 4 is 39.6 Å². The number of thioether (sulfide) groups is 1. The average molecular weight is 450 g/mol. The molecule has 8 nitrogen and oxygen atoms in total. The summed E-state index contributed by atoms with van der Waals surface area (Å²) >= 11 is 4.48. The van der Waals surface area contributed by atoms with Gasteiger partial charge in [-0.2, -0.15) is 0 Å². The van der Waals surface area contributed by atoms with E-state index in [9.17, 15) is 9.59 Å². The summed E-state index contributed by atoms with van der Waals surface area (Å²) in [6, 6.07) is 12.9. The third kappa shape index (κ3) is 4.98. The molecule has 0 atom stereocenters. The van der Waals surface area contributed by atoms with Gasteiger partial charge in [0.05, 0.1) is 12.3 Å². The average Bonchev–Trinajstić information content (AvgIpc) is 3.27. The Hall–Kier alpha value is -2.59. The lowest BCUT2D eigenvalue weighted by Gasteiger charge is -2.09. The maximum atomic E-state index is 11.9. The van der Waals surface area contributed by atoms with Crippen LogP contribution in [0.4, 0.5) is 4.79 Å². The highest BCUT2D eigenvalue weighted by atomic mass is 79.9. The molecule has 0 saturated heterocycles. The molecular weight excluding hydrogens is 434 g/mol. The van der Waals surface area contributed by atoms with Gasteiger partial charge in [0.2, 0.25) is 11.7 Å². The van der Waals surface area contributed by atoms with E-state index in [2.05, 4.69) is 36.8 Å². The van der Waals surface area contributed by atoms with Crippen LogP contribution in [-0.4, -0.2) is 39.5 Å². The molecule has 0 aliphatic heterocycles. The molecule has 0 aliphatic carbocycles. The van der Waals surface area contributed by atoms with Gasteiger partial charge in [-0.1, -0.05) is 42.1 Å². The van der Waals surface area contributed by atoms with Gasteiger partial charge in [0.15, 0.2) is 15.6 Å². The third-order valence-corrected chi connectivity index (χ3v) is 4.90. The molecule has 0 aliphatic rings. The number of rotatable bonds is 6. The van der Waals surface area contributed by atoms with E-state index in [0.717, 1.165) is 5.56 Å². The van der Waals surface area contributed by atoms with Crippen LogP contribution in [0.15, 0.2) is 56.7 Å². The number of imide groups is 1. The highest BCUT2D eigenvalue weighted by molar-refractivity contribution is 9.10. The van der Waals surface area contributed by atoms with Crippen LogP contribution in [-0.2, 0) is 11.3 Å². The number of hydrogen-bond donors (Lipinski definition) is 2. The first-order valence-corrected chi connectivity index (χ1v) is 9.72. The van der Waals surface area contributed by atoms with Gasteiger partial charge in [0.1, 0.15) is 0 Å². The Morgan fingerprint density at radius 1 is 1.19 bits per heavy atom. The predicted octanol–water partition coefficient (Wildman–Crippen LogP) is 2.90. The number of nitrogens with zero attached hydrogens (tertiary/aromatic N) is 3. The van der Waals surface area contributed by atoms with E-state index in [1.54, 1.807) is 12.1 Å². The van der Waals surface area contributed by atoms with Gasteiger partial charge in [-0.25, -0.2) is 4.79 Å². The van der Waals surface area contributed by atoms with Crippen molar-refractivity contribution in [2.24, 2.45) is 0 Å². The largest absolute Gasteiger partial charge is 0.446 e. The summed E-state index contributed by atoms with van der Waals surface area (Å²) in [6.07, 6.45) is 0. The number of urea groups is 1. The topological polar surface area (TPSA) is 102 Å². The number of furan rings is 1. The summed E-state index contributed by atoms with van der Waals surface area (Å²) in [7, 11) is 1.44. The normalized spacial score (nSPS) is 10.6. The van der Waals surface area contributed by atoms with Crippen LogP contribution < -0.4 is 10.6 Å². The molecule has 1 aromatic carbocycles. The molecule has 2 N–H and O–H groups in total. The molecule has 0 fully saturated rings. The molecule has 3 rings (SSSR count). The SMILES string of the molecule is CNC(=O)NC(=O)CSc1nnc(-c2ccc(Br)o2)n1Cc1ccccc1. The summed E-state index contributed by atoms with van der Waals surface area (Å²) in [5, 5.41) is 13.5. The van der Waals surface area contributed by atoms with Crippen LogP contribution in [0.1, 0.15) is 5.56 Å². The fourth-order valence-electron chi connectivity index (χ4n) is 2.28. The molecule has 0 radical (unpaired) electrons. The monoisotopic (exact) mass is 449 g/mol. The molecule has 10 heteroatoms. The molecule has 0 unspecified atom stereocenters. The van der Waals surface area contributed by atoms with Gasteiger partial charge in [0.25, 0.3) is 0 Å². The summed E-state index contributed by atoms with van der Waals surface area (Å²) in [5.41, 5.74) is 1.06. The standard InChI is InChI=1S/C17H16BrN5O3S/c1-19-16(25)20-14(24)10-27-17-22-21-15(12-7-8-13(18)26-12)23(17)9-11-5-3-2-4-6-11/h2-8H,9-10H2,1H3,(H2,19,20,24,25). The van der Waals surface area contributed by atoms with E-state index in [1.165, 1.54) is 18.8 Å². The second-order valence-corrected chi connectivity index (χ2v) is 7.12. The summed E-state index contributed by atoms with van der Waals surface area (Å²) in [6.45, 7) is 0.515. The fourth-order valence-corrected chi connectivity index (χ4v) is 3.32. The van der Waals surface area contributed by atoms with E-state index >= 15 is 0 Å². The van der Waals surface area contributed by atoms with Crippen molar-refractivity contribution in [3.05, 3.63) is 52.7 Å². The maximum Gasteiger partial charge on any atom is 0.321 e. The zero-order valence-electron chi connectivity index (χ0n) is 14.3. The summed E-state index contributed by atoms with van der Waals surface area (Å²) in [4.78, 5) is 23.1. The van der Waals surface area contributed by atoms with Crippen LogP contribution >= 0.6 is 27.7 Å². The highest BCUT2D eigenvalue weighted by Gasteiger charge is 2.19. The van der Waals surface area contributed by atoms with Crippen molar-refractivity contribution in [1.29, 1.82) is 0 Å². The molecule has 0 spiro atoms. The van der Waals surface area contributed by atoms with Gasteiger partial charge in [0, 0.05) is 7.05 Å². The first-order chi connectivity index (χ1) is 13.1. The van der Waals surface area contributed by atoms with Crippen molar-refractivity contribution in [3.63, 3.8) is 0 Å². The minimum absolute atomic E-state index is 0.0300. The Bertz CT molecular complexity index is 941. The van der Waals surface area contributed by atoms with Crippen LogP contribution in [0.25, 0.3) is 11.6 Å². The quantitative estimate of drug-likeness (QED) is 0.560. The number of hydrogen-bond acceptors (Lipinski definition) is 6. The lowest BCUT2D eigenvalue weighted by Crippen LogP contribution is -2.38. The number of benzene rings is 1. The molecule has 140 valence electrons. The number of amides is 3. The number of aromatic nitrogens is 3. The van der Waals surface area contributed by atoms with Crippen LogP contribution in [0.3, 0.4) is 0 Å². The lowest BCUT2D eigenvalue weighted by atomic mass is 10.2. The second-order valence-electron chi connectivity index (χ2n) is 5.40. The Labute approximate surface area is 167 Å². The second kappa shape index (κ2) is 8.87. The third-order valence-electron chi connectivity index (χ3n) is 3.51. The van der Waals surface area contributed by atoms with E-state index in [-0.39, 0.29) is 5.75 Å². The van der Waals surface area contributed by atoms with Gasteiger partial charge in [-0.3, -0.25) is 14.7 Å². The van der Waals surface area contributed by atoms with Gasteiger partial charge < -0.3 is 9.73 Å². The predicted molar refractivity (Wildman–Crippen MR) is 104 cm³/mol. The maximum absolute atomic E-state index is 11.9. The van der Waals surface area contributed by atoms with Gasteiger partial charge in [-0.05, 0) is 33.6 Å². The molecule has 2 aromatic heterocycles. The molecule has 2 heterocycles. The zero-order valence-corrected chi connectivity index (χ0v) is 16.7. The van der Waals surface area contributed by atoms with Crippen LogP contribution in [0.2, 0.25) is 0 Å². The molecule has 0 bridgehead atoms. The first-order valence-electron chi connectivity index (χ1n) is 7.94. The van der Waals surface area contributed by atoms with Crippen molar-refractivity contribution in [2.45, 2.75) is 11.7 Å². The van der Waals surface area contributed by atoms with Gasteiger partial charge in [-0.15, -0.1) is 10.2 Å². The van der Waals surface area contributed by atoms with Gasteiger partial charge >= 0.3 is 6.03 Å². The van der Waals surface area contributed by atoms with E-state index in [4.69, 9.17) is 4.42 Å². The summed E-state index contributed by atoms with van der Waals surface area (Å²) < 4.78 is 8.07. The Morgan fingerprint density at radius 2 is 1.96 bits per heavy atom.